The molecule has 0 saturated heterocycles. The van der Waals surface area contributed by atoms with Crippen molar-refractivity contribution < 1.29 is 9.50 Å². The number of nitrogens with two attached hydrogens (primary N) is 1. The Morgan fingerprint density at radius 2 is 2.06 bits per heavy atom. The summed E-state index contributed by atoms with van der Waals surface area (Å²) in [6.07, 6.45) is 3.97. The van der Waals surface area contributed by atoms with Gasteiger partial charge in [0.1, 0.15) is 6.07 Å². The third kappa shape index (κ3) is 1.87. The van der Waals surface area contributed by atoms with Gasteiger partial charge in [-0.25, -0.2) is 4.39 Å². The molecule has 90 valence electrons. The molecule has 3 nitrogen and oxygen atoms in total. The third-order valence-corrected chi connectivity index (χ3v) is 3.75. The summed E-state index contributed by atoms with van der Waals surface area (Å²) in [4.78, 5) is 0. The molecule has 0 amide bonds. The SMILES string of the molecule is N#Cc1cc(C2(CN)CCCC2)cc(F)c1O. The fourth-order valence-electron chi connectivity index (χ4n) is 2.65. The number of halogens is 1. The number of rotatable bonds is 2. The van der Waals surface area contributed by atoms with E-state index in [0.29, 0.717) is 6.54 Å². The van der Waals surface area contributed by atoms with Gasteiger partial charge in [-0.1, -0.05) is 12.8 Å². The van der Waals surface area contributed by atoms with Crippen molar-refractivity contribution in [3.63, 3.8) is 0 Å². The van der Waals surface area contributed by atoms with Gasteiger partial charge in [-0.05, 0) is 30.5 Å². The lowest BCUT2D eigenvalue weighted by atomic mass is 9.78. The summed E-state index contributed by atoms with van der Waals surface area (Å²) in [7, 11) is 0. The molecule has 1 aromatic carbocycles. The molecule has 0 atom stereocenters. The highest BCUT2D eigenvalue weighted by Gasteiger charge is 2.35. The van der Waals surface area contributed by atoms with E-state index in [1.54, 1.807) is 6.07 Å². The Balaban J connectivity index is 2.52. The zero-order valence-electron chi connectivity index (χ0n) is 9.54. The average Bonchev–Trinajstić information content (AvgIpc) is 2.82. The smallest absolute Gasteiger partial charge is 0.169 e. The lowest BCUT2D eigenvalue weighted by Gasteiger charge is -2.28. The standard InChI is InChI=1S/C13H15FN2O/c14-11-6-10(5-9(7-15)12(11)17)13(8-16)3-1-2-4-13/h5-6,17H,1-4,8,16H2. The lowest BCUT2D eigenvalue weighted by molar-refractivity contribution is 0.419. The number of nitrogens with zero attached hydrogens (tertiary/aromatic N) is 1. The molecular formula is C13H15FN2O. The molecule has 3 N–H and O–H groups in total. The van der Waals surface area contributed by atoms with Crippen LogP contribution in [-0.2, 0) is 5.41 Å². The minimum absolute atomic E-state index is 0.0141. The molecule has 0 aliphatic heterocycles. The summed E-state index contributed by atoms with van der Waals surface area (Å²) >= 11 is 0. The van der Waals surface area contributed by atoms with Crippen molar-refractivity contribution in [2.75, 3.05) is 6.54 Å². The monoisotopic (exact) mass is 234 g/mol. The number of phenols is 1. The number of hydrogen-bond acceptors (Lipinski definition) is 3. The van der Waals surface area contributed by atoms with Gasteiger partial charge >= 0.3 is 0 Å². The van der Waals surface area contributed by atoms with Crippen LogP contribution in [0.2, 0.25) is 0 Å². The molecule has 1 aromatic rings. The van der Waals surface area contributed by atoms with Gasteiger partial charge in [-0.15, -0.1) is 0 Å². The van der Waals surface area contributed by atoms with Crippen LogP contribution < -0.4 is 5.73 Å². The highest BCUT2D eigenvalue weighted by Crippen LogP contribution is 2.41. The Hall–Kier alpha value is -1.60. The molecular weight excluding hydrogens is 219 g/mol. The van der Waals surface area contributed by atoms with Crippen LogP contribution in [0.5, 0.6) is 5.75 Å². The topological polar surface area (TPSA) is 70.0 Å². The van der Waals surface area contributed by atoms with E-state index in [1.807, 2.05) is 6.07 Å². The van der Waals surface area contributed by atoms with Crippen molar-refractivity contribution in [2.45, 2.75) is 31.1 Å². The summed E-state index contributed by atoms with van der Waals surface area (Å²) < 4.78 is 13.5. The van der Waals surface area contributed by atoms with E-state index >= 15 is 0 Å². The van der Waals surface area contributed by atoms with Gasteiger partial charge in [0.2, 0.25) is 0 Å². The average molecular weight is 234 g/mol. The molecule has 0 heterocycles. The molecule has 1 saturated carbocycles. The summed E-state index contributed by atoms with van der Waals surface area (Å²) in [5.74, 6) is -1.31. The minimum atomic E-state index is -0.737. The van der Waals surface area contributed by atoms with E-state index in [-0.39, 0.29) is 11.0 Å². The Kier molecular flexibility index (Phi) is 3.03. The molecule has 2 rings (SSSR count). The van der Waals surface area contributed by atoms with Crippen molar-refractivity contribution in [1.82, 2.24) is 0 Å². The number of nitriles is 1. The lowest BCUT2D eigenvalue weighted by Crippen LogP contribution is -2.32. The predicted octanol–water partition coefficient (Wildman–Crippen LogP) is 2.17. The highest BCUT2D eigenvalue weighted by molar-refractivity contribution is 5.47. The Bertz CT molecular complexity index is 473. The Labute approximate surface area is 99.7 Å². The minimum Gasteiger partial charge on any atom is -0.504 e. The quantitative estimate of drug-likeness (QED) is 0.823. The van der Waals surface area contributed by atoms with Crippen molar-refractivity contribution in [1.29, 1.82) is 5.26 Å². The number of benzene rings is 1. The maximum atomic E-state index is 13.5. The molecule has 1 aliphatic carbocycles. The van der Waals surface area contributed by atoms with Crippen LogP contribution >= 0.6 is 0 Å². The van der Waals surface area contributed by atoms with Gasteiger partial charge in [-0.2, -0.15) is 5.26 Å². The Morgan fingerprint density at radius 1 is 1.41 bits per heavy atom. The second-order valence-electron chi connectivity index (χ2n) is 4.66. The van der Waals surface area contributed by atoms with Gasteiger partial charge in [-0.3, -0.25) is 0 Å². The number of hydrogen-bond donors (Lipinski definition) is 2. The fraction of sp³-hybridized carbons (Fsp3) is 0.462. The summed E-state index contributed by atoms with van der Waals surface area (Å²) in [5, 5.41) is 18.3. The molecule has 0 spiro atoms. The van der Waals surface area contributed by atoms with Crippen molar-refractivity contribution in [3.05, 3.63) is 29.1 Å². The molecule has 17 heavy (non-hydrogen) atoms. The maximum Gasteiger partial charge on any atom is 0.169 e. The highest BCUT2D eigenvalue weighted by atomic mass is 19.1. The zero-order valence-corrected chi connectivity index (χ0v) is 9.54. The second-order valence-corrected chi connectivity index (χ2v) is 4.66. The number of aromatic hydroxyl groups is 1. The largest absolute Gasteiger partial charge is 0.504 e. The Morgan fingerprint density at radius 3 is 2.59 bits per heavy atom. The number of phenolic OH excluding ortho intramolecular Hbond substituents is 1. The second kappa shape index (κ2) is 4.34. The molecule has 1 fully saturated rings. The van der Waals surface area contributed by atoms with E-state index in [2.05, 4.69) is 0 Å². The normalized spacial score (nSPS) is 17.9. The summed E-state index contributed by atoms with van der Waals surface area (Å²) in [5.41, 5.74) is 6.32. The molecule has 0 unspecified atom stereocenters. The van der Waals surface area contributed by atoms with E-state index < -0.39 is 11.6 Å². The predicted molar refractivity (Wildman–Crippen MR) is 62.0 cm³/mol. The van der Waals surface area contributed by atoms with E-state index in [4.69, 9.17) is 11.0 Å². The van der Waals surface area contributed by atoms with Crippen molar-refractivity contribution in [3.8, 4) is 11.8 Å². The molecule has 0 bridgehead atoms. The van der Waals surface area contributed by atoms with Crippen LogP contribution in [0.4, 0.5) is 4.39 Å². The van der Waals surface area contributed by atoms with Crippen LogP contribution in [0, 0.1) is 17.1 Å². The van der Waals surface area contributed by atoms with Crippen molar-refractivity contribution >= 4 is 0 Å². The van der Waals surface area contributed by atoms with Crippen LogP contribution in [0.15, 0.2) is 12.1 Å². The van der Waals surface area contributed by atoms with Crippen LogP contribution in [0.3, 0.4) is 0 Å². The van der Waals surface area contributed by atoms with Crippen LogP contribution in [0.25, 0.3) is 0 Å². The van der Waals surface area contributed by atoms with Gasteiger partial charge in [0.25, 0.3) is 0 Å². The van der Waals surface area contributed by atoms with E-state index in [1.165, 1.54) is 6.07 Å². The maximum absolute atomic E-state index is 13.5. The molecule has 0 aromatic heterocycles. The summed E-state index contributed by atoms with van der Waals surface area (Å²) in [6, 6.07) is 4.69. The van der Waals surface area contributed by atoms with Gasteiger partial charge in [0.05, 0.1) is 5.56 Å². The van der Waals surface area contributed by atoms with Crippen LogP contribution in [-0.4, -0.2) is 11.7 Å². The van der Waals surface area contributed by atoms with Gasteiger partial charge in [0, 0.05) is 12.0 Å². The first-order valence-electron chi connectivity index (χ1n) is 5.76. The summed E-state index contributed by atoms with van der Waals surface area (Å²) in [6.45, 7) is 0.447. The van der Waals surface area contributed by atoms with E-state index in [9.17, 15) is 9.50 Å². The van der Waals surface area contributed by atoms with Gasteiger partial charge in [0.15, 0.2) is 11.6 Å². The molecule has 4 heteroatoms. The zero-order chi connectivity index (χ0) is 12.5. The van der Waals surface area contributed by atoms with E-state index in [0.717, 1.165) is 31.2 Å². The van der Waals surface area contributed by atoms with Crippen LogP contribution in [0.1, 0.15) is 36.8 Å². The first-order chi connectivity index (χ1) is 8.13. The van der Waals surface area contributed by atoms with Gasteiger partial charge < -0.3 is 10.8 Å². The van der Waals surface area contributed by atoms with Crippen molar-refractivity contribution in [2.24, 2.45) is 5.73 Å². The molecule has 0 radical (unpaired) electrons. The first-order valence-corrected chi connectivity index (χ1v) is 5.76. The molecule has 1 aliphatic rings. The fourth-order valence-corrected chi connectivity index (χ4v) is 2.65. The third-order valence-electron chi connectivity index (χ3n) is 3.75. The first kappa shape index (κ1) is 11.9.